The molecular weight excluding hydrogens is 401 g/mol. The van der Waals surface area contributed by atoms with E-state index in [4.69, 9.17) is 38.4 Å². The third kappa shape index (κ3) is 5.96. The molecule has 0 saturated heterocycles. The highest BCUT2D eigenvalue weighted by atomic mass is 35.5. The number of hydrogen-bond acceptors (Lipinski definition) is 8. The Hall–Kier alpha value is -1.13. The van der Waals surface area contributed by atoms with E-state index in [0.29, 0.717) is 0 Å². The number of rotatable bonds is 8. The van der Waals surface area contributed by atoms with Crippen molar-refractivity contribution in [2.75, 3.05) is 13.7 Å². The number of aldehydes is 1. The van der Waals surface area contributed by atoms with Crippen molar-refractivity contribution in [1.82, 2.24) is 0 Å². The van der Waals surface area contributed by atoms with Crippen LogP contribution >= 0.6 is 35.6 Å². The van der Waals surface area contributed by atoms with E-state index in [1.54, 1.807) is 0 Å². The maximum atomic E-state index is 12.1. The topological polar surface area (TPSA) is 139 Å². The second kappa shape index (κ2) is 10.8. The normalized spacial score (nSPS) is 15.3. The number of esters is 1. The highest BCUT2D eigenvalue weighted by Crippen LogP contribution is 2.34. The van der Waals surface area contributed by atoms with Crippen LogP contribution in [0.2, 0.25) is 10.0 Å². The van der Waals surface area contributed by atoms with E-state index in [2.05, 4.69) is 0 Å². The number of halogens is 3. The van der Waals surface area contributed by atoms with E-state index in [9.17, 15) is 24.9 Å². The van der Waals surface area contributed by atoms with Crippen molar-refractivity contribution >= 4 is 47.9 Å². The summed E-state index contributed by atoms with van der Waals surface area (Å²) in [6.45, 7) is -0.686. The summed E-state index contributed by atoms with van der Waals surface area (Å²) < 4.78 is 9.83. The Balaban J connectivity index is 0.00000576. The fourth-order valence-corrected chi connectivity index (χ4v) is 2.25. The van der Waals surface area contributed by atoms with Crippen molar-refractivity contribution in [2.24, 2.45) is 5.73 Å². The Kier molecular flexibility index (Phi) is 10.3. The van der Waals surface area contributed by atoms with Crippen LogP contribution in [0, 0.1) is 0 Å². The van der Waals surface area contributed by atoms with Crippen LogP contribution in [0.3, 0.4) is 0 Å². The van der Waals surface area contributed by atoms with Gasteiger partial charge in [0.15, 0.2) is 5.75 Å². The van der Waals surface area contributed by atoms with Crippen molar-refractivity contribution in [3.8, 4) is 5.75 Å². The maximum absolute atomic E-state index is 12.1. The molecule has 1 rings (SSSR count). The summed E-state index contributed by atoms with van der Waals surface area (Å²) in [7, 11) is 1.28. The summed E-state index contributed by atoms with van der Waals surface area (Å²) in [4.78, 5) is 22.6. The second-order valence-corrected chi connectivity index (χ2v) is 5.61. The lowest BCUT2D eigenvalue weighted by Crippen LogP contribution is -2.50. The molecular formula is C14H18Cl3NO7. The lowest BCUT2D eigenvalue weighted by molar-refractivity contribution is -0.118. The molecule has 142 valence electrons. The van der Waals surface area contributed by atoms with Gasteiger partial charge in [0.1, 0.15) is 36.8 Å². The minimum absolute atomic E-state index is 0. The number of carbonyl (C=O) groups excluding carboxylic acids is 2. The summed E-state index contributed by atoms with van der Waals surface area (Å²) in [5.74, 6) is -0.966. The third-order valence-corrected chi connectivity index (χ3v) is 3.76. The minimum atomic E-state index is -1.80. The monoisotopic (exact) mass is 417 g/mol. The molecule has 0 radical (unpaired) electrons. The molecule has 1 aromatic rings. The van der Waals surface area contributed by atoms with Gasteiger partial charge in [-0.15, -0.1) is 12.4 Å². The minimum Gasteiger partial charge on any atom is -0.494 e. The summed E-state index contributed by atoms with van der Waals surface area (Å²) in [6, 6.07) is 1.39. The zero-order chi connectivity index (χ0) is 18.4. The Labute approximate surface area is 159 Å². The van der Waals surface area contributed by atoms with E-state index in [-0.39, 0.29) is 40.1 Å². The van der Waals surface area contributed by atoms with Crippen LogP contribution in [0.25, 0.3) is 0 Å². The van der Waals surface area contributed by atoms with Crippen molar-refractivity contribution in [2.45, 2.75) is 24.4 Å². The zero-order valence-electron chi connectivity index (χ0n) is 13.0. The lowest BCUT2D eigenvalue weighted by Gasteiger charge is -2.24. The van der Waals surface area contributed by atoms with Crippen LogP contribution in [-0.2, 0) is 9.53 Å². The molecule has 0 bridgehead atoms. The molecule has 8 nitrogen and oxygen atoms in total. The first-order valence-corrected chi connectivity index (χ1v) is 7.44. The average Bonchev–Trinajstić information content (AvgIpc) is 2.58. The van der Waals surface area contributed by atoms with E-state index in [1.807, 2.05) is 0 Å². The van der Waals surface area contributed by atoms with Gasteiger partial charge in [0, 0.05) is 0 Å². The molecule has 0 fully saturated rings. The van der Waals surface area contributed by atoms with Crippen LogP contribution < -0.4 is 10.5 Å². The fourth-order valence-electron chi connectivity index (χ4n) is 1.79. The number of nitrogens with two attached hydrogens (primary N) is 1. The Morgan fingerprint density at radius 2 is 1.80 bits per heavy atom. The molecule has 25 heavy (non-hydrogen) atoms. The highest BCUT2D eigenvalue weighted by molar-refractivity contribution is 6.37. The molecule has 4 unspecified atom stereocenters. The van der Waals surface area contributed by atoms with Crippen molar-refractivity contribution < 1.29 is 34.4 Å². The number of methoxy groups -OCH3 is 1. The van der Waals surface area contributed by atoms with Crippen molar-refractivity contribution in [3.63, 3.8) is 0 Å². The van der Waals surface area contributed by atoms with E-state index >= 15 is 0 Å². The van der Waals surface area contributed by atoms with Crippen molar-refractivity contribution in [1.29, 1.82) is 0 Å². The largest absolute Gasteiger partial charge is 0.494 e. The van der Waals surface area contributed by atoms with Gasteiger partial charge in [0.05, 0.1) is 23.2 Å². The molecule has 0 amide bonds. The van der Waals surface area contributed by atoms with Crippen LogP contribution in [0.15, 0.2) is 12.1 Å². The third-order valence-electron chi connectivity index (χ3n) is 3.15. The second-order valence-electron chi connectivity index (χ2n) is 4.80. The first-order chi connectivity index (χ1) is 11.2. The first kappa shape index (κ1) is 23.9. The Bertz CT molecular complexity index is 602. The number of ether oxygens (including phenoxy) is 2. The molecule has 5 N–H and O–H groups in total. The fraction of sp³-hybridized carbons (Fsp3) is 0.429. The van der Waals surface area contributed by atoms with Gasteiger partial charge in [0.2, 0.25) is 0 Å². The Morgan fingerprint density at radius 1 is 1.24 bits per heavy atom. The first-order valence-electron chi connectivity index (χ1n) is 6.68. The molecule has 1 aromatic carbocycles. The van der Waals surface area contributed by atoms with E-state index < -0.39 is 36.9 Å². The van der Waals surface area contributed by atoms with Gasteiger partial charge in [-0.25, -0.2) is 4.79 Å². The Morgan fingerprint density at radius 3 is 2.32 bits per heavy atom. The molecule has 0 aliphatic rings. The number of carbonyl (C=O) groups is 2. The number of aliphatic hydroxyl groups excluding tert-OH is 3. The van der Waals surface area contributed by atoms with Crippen LogP contribution in [0.1, 0.15) is 10.4 Å². The zero-order valence-corrected chi connectivity index (χ0v) is 15.3. The predicted octanol–water partition coefficient (Wildman–Crippen LogP) is 0.190. The average molecular weight is 419 g/mol. The smallest absolute Gasteiger partial charge is 0.343 e. The summed E-state index contributed by atoms with van der Waals surface area (Å²) in [5.41, 5.74) is 5.08. The van der Waals surface area contributed by atoms with Gasteiger partial charge in [-0.05, 0) is 12.1 Å². The molecule has 11 heteroatoms. The highest BCUT2D eigenvalue weighted by Gasteiger charge is 2.31. The lowest BCUT2D eigenvalue weighted by atomic mass is 10.0. The van der Waals surface area contributed by atoms with Gasteiger partial charge >= 0.3 is 5.97 Å². The summed E-state index contributed by atoms with van der Waals surface area (Å²) in [5, 5.41) is 29.1. The van der Waals surface area contributed by atoms with E-state index in [1.165, 1.54) is 19.2 Å². The molecule has 0 aromatic heterocycles. The van der Waals surface area contributed by atoms with Gasteiger partial charge in [-0.3, -0.25) is 0 Å². The molecule has 4 atom stereocenters. The van der Waals surface area contributed by atoms with Gasteiger partial charge in [-0.2, -0.15) is 0 Å². The van der Waals surface area contributed by atoms with E-state index in [0.717, 1.165) is 0 Å². The van der Waals surface area contributed by atoms with Crippen LogP contribution in [-0.4, -0.2) is 65.6 Å². The molecule has 0 aliphatic carbocycles. The maximum Gasteiger partial charge on any atom is 0.343 e. The number of hydrogen-bond donors (Lipinski definition) is 4. The quantitative estimate of drug-likeness (QED) is 0.346. The molecule has 0 aliphatic heterocycles. The van der Waals surface area contributed by atoms with Gasteiger partial charge in [-0.1, -0.05) is 23.2 Å². The van der Waals surface area contributed by atoms with Crippen LogP contribution in [0.4, 0.5) is 0 Å². The molecule has 0 spiro atoms. The van der Waals surface area contributed by atoms with Gasteiger partial charge < -0.3 is 35.3 Å². The number of aliphatic hydroxyl groups is 3. The SMILES string of the molecule is COc1c(Cl)ccc(Cl)c1C(=O)OCC(O)C(O)C(O)C(N)C=O.Cl. The van der Waals surface area contributed by atoms with Gasteiger partial charge in [0.25, 0.3) is 0 Å². The summed E-state index contributed by atoms with van der Waals surface area (Å²) in [6.07, 6.45) is -4.99. The van der Waals surface area contributed by atoms with Crippen LogP contribution in [0.5, 0.6) is 5.75 Å². The van der Waals surface area contributed by atoms with Crippen molar-refractivity contribution in [3.05, 3.63) is 27.7 Å². The summed E-state index contributed by atoms with van der Waals surface area (Å²) >= 11 is 11.8. The predicted molar refractivity (Wildman–Crippen MR) is 92.6 cm³/mol. The molecule has 0 heterocycles. The number of benzene rings is 1. The molecule has 0 saturated carbocycles. The standard InChI is InChI=1S/C14H17Cl2NO7.ClH/c1-23-13-7(16)3-2-6(15)10(13)14(22)24-5-9(19)12(21)11(20)8(17)4-18;/h2-4,8-9,11-12,19-21H,5,17H2,1H3;1H.